The van der Waals surface area contributed by atoms with Crippen molar-refractivity contribution in [3.8, 4) is 11.5 Å². The maximum atomic E-state index is 10.5. The van der Waals surface area contributed by atoms with Gasteiger partial charge in [-0.3, -0.25) is 0 Å². The highest BCUT2D eigenvalue weighted by molar-refractivity contribution is 5.55. The van der Waals surface area contributed by atoms with Crippen molar-refractivity contribution in [3.63, 3.8) is 0 Å². The molecular weight excluding hydrogens is 204 g/mol. The lowest BCUT2D eigenvalue weighted by molar-refractivity contribution is -0.108. The van der Waals surface area contributed by atoms with E-state index in [-0.39, 0.29) is 5.92 Å². The SMILES string of the molecule is COc1ccc(C(C)CC=O)c(C)c1OC. The molecule has 0 amide bonds. The van der Waals surface area contributed by atoms with Gasteiger partial charge in [0.25, 0.3) is 0 Å². The van der Waals surface area contributed by atoms with Crippen LogP contribution >= 0.6 is 0 Å². The number of carbonyl (C=O) groups is 1. The van der Waals surface area contributed by atoms with Crippen molar-refractivity contribution in [1.29, 1.82) is 0 Å². The van der Waals surface area contributed by atoms with E-state index in [0.717, 1.165) is 28.9 Å². The Hall–Kier alpha value is -1.51. The van der Waals surface area contributed by atoms with E-state index in [9.17, 15) is 4.79 Å². The molecule has 0 aliphatic carbocycles. The molecule has 0 fully saturated rings. The Labute approximate surface area is 96.4 Å². The second-order valence-electron chi connectivity index (χ2n) is 3.82. The van der Waals surface area contributed by atoms with Crippen molar-refractivity contribution >= 4 is 6.29 Å². The minimum atomic E-state index is 0.206. The van der Waals surface area contributed by atoms with Crippen LogP contribution in [0, 0.1) is 6.92 Å². The van der Waals surface area contributed by atoms with Gasteiger partial charge in [0.15, 0.2) is 11.5 Å². The van der Waals surface area contributed by atoms with Gasteiger partial charge in [-0.1, -0.05) is 13.0 Å². The molecule has 0 spiro atoms. The molecule has 0 aromatic heterocycles. The fourth-order valence-electron chi connectivity index (χ4n) is 1.90. The Morgan fingerprint density at radius 1 is 1.31 bits per heavy atom. The van der Waals surface area contributed by atoms with Gasteiger partial charge < -0.3 is 14.3 Å². The van der Waals surface area contributed by atoms with Gasteiger partial charge in [-0.05, 0) is 30.0 Å². The zero-order valence-corrected chi connectivity index (χ0v) is 10.2. The monoisotopic (exact) mass is 222 g/mol. The standard InChI is InChI=1S/C13H18O3/c1-9(7-8-14)11-5-6-12(15-3)13(16-4)10(11)2/h5-6,8-9H,7H2,1-4H3. The fourth-order valence-corrected chi connectivity index (χ4v) is 1.90. The van der Waals surface area contributed by atoms with Crippen LogP contribution in [0.5, 0.6) is 11.5 Å². The number of hydrogen-bond acceptors (Lipinski definition) is 3. The summed E-state index contributed by atoms with van der Waals surface area (Å²) in [5.41, 5.74) is 2.17. The third-order valence-electron chi connectivity index (χ3n) is 2.82. The largest absolute Gasteiger partial charge is 0.493 e. The number of benzene rings is 1. The highest BCUT2D eigenvalue weighted by Crippen LogP contribution is 2.36. The number of carbonyl (C=O) groups excluding carboxylic acids is 1. The zero-order chi connectivity index (χ0) is 12.1. The Balaban J connectivity index is 3.17. The van der Waals surface area contributed by atoms with Crippen molar-refractivity contribution in [2.45, 2.75) is 26.2 Å². The van der Waals surface area contributed by atoms with E-state index >= 15 is 0 Å². The molecule has 0 aliphatic heterocycles. The maximum Gasteiger partial charge on any atom is 0.163 e. The smallest absolute Gasteiger partial charge is 0.163 e. The number of ether oxygens (including phenoxy) is 2. The van der Waals surface area contributed by atoms with E-state index in [1.807, 2.05) is 26.0 Å². The Kier molecular flexibility index (Phi) is 4.35. The zero-order valence-electron chi connectivity index (χ0n) is 10.2. The van der Waals surface area contributed by atoms with Gasteiger partial charge in [0.2, 0.25) is 0 Å². The lowest BCUT2D eigenvalue weighted by Crippen LogP contribution is -2.01. The van der Waals surface area contributed by atoms with Crippen molar-refractivity contribution in [2.24, 2.45) is 0 Å². The normalized spacial score (nSPS) is 12.0. The Bertz CT molecular complexity index is 372. The molecule has 1 atom stereocenters. The predicted octanol–water partition coefficient (Wildman–Crippen LogP) is 2.70. The molecule has 0 bridgehead atoms. The Morgan fingerprint density at radius 3 is 2.50 bits per heavy atom. The van der Waals surface area contributed by atoms with E-state index < -0.39 is 0 Å². The average Bonchev–Trinajstić information content (AvgIpc) is 2.28. The first-order valence-electron chi connectivity index (χ1n) is 5.30. The molecule has 88 valence electrons. The number of methoxy groups -OCH3 is 2. The molecule has 0 radical (unpaired) electrons. The summed E-state index contributed by atoms with van der Waals surface area (Å²) >= 11 is 0. The molecule has 1 aromatic rings. The van der Waals surface area contributed by atoms with Crippen LogP contribution < -0.4 is 9.47 Å². The van der Waals surface area contributed by atoms with Crippen molar-refractivity contribution in [3.05, 3.63) is 23.3 Å². The van der Waals surface area contributed by atoms with Crippen molar-refractivity contribution in [1.82, 2.24) is 0 Å². The first-order chi connectivity index (χ1) is 7.65. The third-order valence-corrected chi connectivity index (χ3v) is 2.82. The molecule has 0 saturated carbocycles. The average molecular weight is 222 g/mol. The van der Waals surface area contributed by atoms with Crippen molar-refractivity contribution < 1.29 is 14.3 Å². The second kappa shape index (κ2) is 5.54. The van der Waals surface area contributed by atoms with Crippen LogP contribution in [-0.4, -0.2) is 20.5 Å². The summed E-state index contributed by atoms with van der Waals surface area (Å²) in [5.74, 6) is 1.68. The van der Waals surface area contributed by atoms with Gasteiger partial charge >= 0.3 is 0 Å². The summed E-state index contributed by atoms with van der Waals surface area (Å²) < 4.78 is 10.5. The molecule has 0 N–H and O–H groups in total. The summed E-state index contributed by atoms with van der Waals surface area (Å²) in [6.45, 7) is 4.01. The minimum Gasteiger partial charge on any atom is -0.493 e. The molecule has 0 aliphatic rings. The summed E-state index contributed by atoms with van der Waals surface area (Å²) in [7, 11) is 3.24. The lowest BCUT2D eigenvalue weighted by atomic mass is 9.93. The van der Waals surface area contributed by atoms with Crippen LogP contribution in [0.2, 0.25) is 0 Å². The van der Waals surface area contributed by atoms with E-state index in [4.69, 9.17) is 9.47 Å². The first kappa shape index (κ1) is 12.6. The molecule has 16 heavy (non-hydrogen) atoms. The molecule has 1 unspecified atom stereocenters. The second-order valence-corrected chi connectivity index (χ2v) is 3.82. The van der Waals surface area contributed by atoms with Crippen LogP contribution in [0.1, 0.15) is 30.4 Å². The lowest BCUT2D eigenvalue weighted by Gasteiger charge is -2.17. The fraction of sp³-hybridized carbons (Fsp3) is 0.462. The number of aldehydes is 1. The topological polar surface area (TPSA) is 35.5 Å². The molecular formula is C13H18O3. The van der Waals surface area contributed by atoms with Crippen LogP contribution in [0.4, 0.5) is 0 Å². The van der Waals surface area contributed by atoms with Gasteiger partial charge in [0, 0.05) is 6.42 Å². The van der Waals surface area contributed by atoms with Crippen LogP contribution in [0.15, 0.2) is 12.1 Å². The first-order valence-corrected chi connectivity index (χ1v) is 5.30. The quantitative estimate of drug-likeness (QED) is 0.718. The summed E-state index contributed by atoms with van der Waals surface area (Å²) in [4.78, 5) is 10.5. The van der Waals surface area contributed by atoms with Gasteiger partial charge in [0.1, 0.15) is 6.29 Å². The van der Waals surface area contributed by atoms with E-state index in [1.54, 1.807) is 14.2 Å². The number of hydrogen-bond donors (Lipinski definition) is 0. The molecule has 1 aromatic carbocycles. The van der Waals surface area contributed by atoms with E-state index in [2.05, 4.69) is 0 Å². The van der Waals surface area contributed by atoms with Gasteiger partial charge in [-0.15, -0.1) is 0 Å². The summed E-state index contributed by atoms with van der Waals surface area (Å²) in [5, 5.41) is 0. The predicted molar refractivity (Wildman–Crippen MR) is 63.4 cm³/mol. The highest BCUT2D eigenvalue weighted by atomic mass is 16.5. The summed E-state index contributed by atoms with van der Waals surface area (Å²) in [6.07, 6.45) is 1.47. The van der Waals surface area contributed by atoms with Crippen LogP contribution in [0.3, 0.4) is 0 Å². The van der Waals surface area contributed by atoms with Gasteiger partial charge in [-0.2, -0.15) is 0 Å². The molecule has 0 saturated heterocycles. The van der Waals surface area contributed by atoms with Gasteiger partial charge in [-0.25, -0.2) is 0 Å². The molecule has 1 rings (SSSR count). The van der Waals surface area contributed by atoms with E-state index in [0.29, 0.717) is 6.42 Å². The van der Waals surface area contributed by atoms with Crippen LogP contribution in [-0.2, 0) is 4.79 Å². The van der Waals surface area contributed by atoms with Crippen molar-refractivity contribution in [2.75, 3.05) is 14.2 Å². The highest BCUT2D eigenvalue weighted by Gasteiger charge is 2.15. The molecule has 0 heterocycles. The third kappa shape index (κ3) is 2.35. The molecule has 3 heteroatoms. The maximum absolute atomic E-state index is 10.5. The van der Waals surface area contributed by atoms with E-state index in [1.165, 1.54) is 0 Å². The summed E-state index contributed by atoms with van der Waals surface area (Å²) in [6, 6.07) is 3.87. The minimum absolute atomic E-state index is 0.206. The number of rotatable bonds is 5. The molecule has 3 nitrogen and oxygen atoms in total. The Morgan fingerprint density at radius 2 is 2.00 bits per heavy atom. The van der Waals surface area contributed by atoms with Crippen LogP contribution in [0.25, 0.3) is 0 Å². The van der Waals surface area contributed by atoms with Gasteiger partial charge in [0.05, 0.1) is 14.2 Å².